The van der Waals surface area contributed by atoms with Gasteiger partial charge in [0.25, 0.3) is 5.91 Å². The SMILES string of the molecule is Cc1nc(-c2cccnc2)ncc1C(=O)N1CCc2oc(C3CCOCC3)nc2C1. The molecule has 0 aromatic carbocycles. The number of aromatic nitrogens is 4. The first-order chi connectivity index (χ1) is 14.7. The molecule has 0 spiro atoms. The van der Waals surface area contributed by atoms with Crippen LogP contribution in [-0.4, -0.2) is 50.5 Å². The number of rotatable bonds is 3. The van der Waals surface area contributed by atoms with E-state index in [4.69, 9.17) is 14.1 Å². The van der Waals surface area contributed by atoms with E-state index in [0.717, 1.165) is 49.0 Å². The second-order valence-corrected chi connectivity index (χ2v) is 7.72. The van der Waals surface area contributed by atoms with Crippen LogP contribution in [0, 0.1) is 6.92 Å². The van der Waals surface area contributed by atoms with E-state index < -0.39 is 0 Å². The molecule has 2 aliphatic rings. The first-order valence-electron chi connectivity index (χ1n) is 10.3. The Balaban J connectivity index is 1.33. The number of aryl methyl sites for hydroxylation is 1. The number of pyridine rings is 1. The van der Waals surface area contributed by atoms with E-state index in [0.29, 0.717) is 42.5 Å². The van der Waals surface area contributed by atoms with E-state index in [9.17, 15) is 4.79 Å². The van der Waals surface area contributed by atoms with Gasteiger partial charge in [-0.25, -0.2) is 15.0 Å². The van der Waals surface area contributed by atoms with E-state index in [2.05, 4.69) is 15.0 Å². The van der Waals surface area contributed by atoms with Crippen LogP contribution in [0.25, 0.3) is 11.4 Å². The Bertz CT molecular complexity index is 1060. The van der Waals surface area contributed by atoms with E-state index >= 15 is 0 Å². The number of carbonyl (C=O) groups is 1. The number of hydrogen-bond acceptors (Lipinski definition) is 7. The number of amides is 1. The van der Waals surface area contributed by atoms with Crippen LogP contribution < -0.4 is 0 Å². The zero-order valence-corrected chi connectivity index (χ0v) is 16.9. The molecule has 0 unspecified atom stereocenters. The maximum absolute atomic E-state index is 13.1. The zero-order chi connectivity index (χ0) is 20.5. The molecular weight excluding hydrogens is 382 g/mol. The fraction of sp³-hybridized carbons (Fsp3) is 0.409. The van der Waals surface area contributed by atoms with Crippen molar-refractivity contribution in [1.29, 1.82) is 0 Å². The third kappa shape index (κ3) is 3.59. The normalized spacial score (nSPS) is 17.0. The molecule has 5 heterocycles. The molecule has 1 fully saturated rings. The van der Waals surface area contributed by atoms with Crippen LogP contribution in [0.4, 0.5) is 0 Å². The van der Waals surface area contributed by atoms with Crippen molar-refractivity contribution in [2.75, 3.05) is 19.8 Å². The Morgan fingerprint density at radius 1 is 1.20 bits per heavy atom. The average Bonchev–Trinajstić information content (AvgIpc) is 3.23. The molecule has 0 saturated carbocycles. The molecule has 0 atom stereocenters. The molecule has 8 heteroatoms. The molecule has 1 saturated heterocycles. The fourth-order valence-electron chi connectivity index (χ4n) is 3.99. The van der Waals surface area contributed by atoms with Gasteiger partial charge in [0.15, 0.2) is 11.7 Å². The Morgan fingerprint density at radius 2 is 2.07 bits per heavy atom. The number of carbonyl (C=O) groups excluding carboxylic acids is 1. The summed E-state index contributed by atoms with van der Waals surface area (Å²) >= 11 is 0. The van der Waals surface area contributed by atoms with E-state index in [1.54, 1.807) is 23.5 Å². The highest BCUT2D eigenvalue weighted by Gasteiger charge is 2.30. The number of oxazole rings is 1. The Morgan fingerprint density at radius 3 is 2.83 bits per heavy atom. The highest BCUT2D eigenvalue weighted by molar-refractivity contribution is 5.95. The summed E-state index contributed by atoms with van der Waals surface area (Å²) in [4.78, 5) is 32.7. The molecule has 5 rings (SSSR count). The third-order valence-electron chi connectivity index (χ3n) is 5.73. The van der Waals surface area contributed by atoms with Gasteiger partial charge in [0.05, 0.1) is 17.8 Å². The Kier molecular flexibility index (Phi) is 5.00. The van der Waals surface area contributed by atoms with Gasteiger partial charge in [0.1, 0.15) is 11.5 Å². The largest absolute Gasteiger partial charge is 0.445 e. The molecule has 3 aromatic rings. The molecule has 154 valence electrons. The lowest BCUT2D eigenvalue weighted by Gasteiger charge is -2.25. The van der Waals surface area contributed by atoms with Crippen LogP contribution in [0.5, 0.6) is 0 Å². The number of hydrogen-bond donors (Lipinski definition) is 0. The predicted octanol–water partition coefficient (Wildman–Crippen LogP) is 2.93. The summed E-state index contributed by atoms with van der Waals surface area (Å²) < 4.78 is 11.5. The van der Waals surface area contributed by atoms with Gasteiger partial charge in [-0.2, -0.15) is 0 Å². The molecule has 1 amide bonds. The fourth-order valence-corrected chi connectivity index (χ4v) is 3.99. The van der Waals surface area contributed by atoms with Crippen molar-refractivity contribution in [3.8, 4) is 11.4 Å². The van der Waals surface area contributed by atoms with Crippen molar-refractivity contribution in [1.82, 2.24) is 24.8 Å². The highest BCUT2D eigenvalue weighted by atomic mass is 16.5. The first kappa shape index (κ1) is 18.9. The van der Waals surface area contributed by atoms with Gasteiger partial charge >= 0.3 is 0 Å². The van der Waals surface area contributed by atoms with Gasteiger partial charge in [-0.1, -0.05) is 0 Å². The first-order valence-corrected chi connectivity index (χ1v) is 10.3. The summed E-state index contributed by atoms with van der Waals surface area (Å²) in [5.41, 5.74) is 2.86. The molecule has 30 heavy (non-hydrogen) atoms. The molecular formula is C22H23N5O3. The van der Waals surface area contributed by atoms with Crippen molar-refractivity contribution in [3.63, 3.8) is 0 Å². The topological polar surface area (TPSA) is 94.2 Å². The molecule has 0 radical (unpaired) electrons. The minimum atomic E-state index is -0.0773. The number of ether oxygens (including phenoxy) is 1. The number of fused-ring (bicyclic) bond motifs is 1. The van der Waals surface area contributed by atoms with Crippen LogP contribution in [0.2, 0.25) is 0 Å². The van der Waals surface area contributed by atoms with Crippen LogP contribution in [0.3, 0.4) is 0 Å². The maximum Gasteiger partial charge on any atom is 0.257 e. The maximum atomic E-state index is 13.1. The Labute approximate surface area is 174 Å². The van der Waals surface area contributed by atoms with Crippen molar-refractivity contribution < 1.29 is 13.9 Å². The van der Waals surface area contributed by atoms with Gasteiger partial charge in [-0.05, 0) is 31.9 Å². The average molecular weight is 405 g/mol. The van der Waals surface area contributed by atoms with Crippen molar-refractivity contribution in [2.45, 2.75) is 38.6 Å². The van der Waals surface area contributed by atoms with Gasteiger partial charge < -0.3 is 14.1 Å². The van der Waals surface area contributed by atoms with E-state index in [1.165, 1.54) is 0 Å². The van der Waals surface area contributed by atoms with Gasteiger partial charge in [0.2, 0.25) is 0 Å². The van der Waals surface area contributed by atoms with Gasteiger partial charge in [-0.15, -0.1) is 0 Å². The highest BCUT2D eigenvalue weighted by Crippen LogP contribution is 2.30. The second-order valence-electron chi connectivity index (χ2n) is 7.72. The Hall–Kier alpha value is -3.13. The second kappa shape index (κ2) is 7.95. The predicted molar refractivity (Wildman–Crippen MR) is 108 cm³/mol. The summed E-state index contributed by atoms with van der Waals surface area (Å²) in [5, 5.41) is 0. The van der Waals surface area contributed by atoms with Crippen LogP contribution in [-0.2, 0) is 17.7 Å². The summed E-state index contributed by atoms with van der Waals surface area (Å²) in [6.07, 6.45) is 7.56. The van der Waals surface area contributed by atoms with E-state index in [1.807, 2.05) is 19.1 Å². The summed E-state index contributed by atoms with van der Waals surface area (Å²) in [6, 6.07) is 3.74. The van der Waals surface area contributed by atoms with Gasteiger partial charge in [0, 0.05) is 56.3 Å². The summed E-state index contributed by atoms with van der Waals surface area (Å²) in [6.45, 7) is 4.37. The van der Waals surface area contributed by atoms with Crippen LogP contribution in [0.1, 0.15) is 52.2 Å². The minimum Gasteiger partial charge on any atom is -0.445 e. The number of nitrogens with zero attached hydrogens (tertiary/aromatic N) is 5. The standard InChI is InChI=1S/C22H23N5O3/c1-14-17(12-24-20(25-14)16-3-2-7-23-11-16)22(28)27-8-4-19-18(13-27)26-21(30-19)15-5-9-29-10-6-15/h2-3,7,11-12,15H,4-6,8-10,13H2,1H3. The molecule has 3 aromatic heterocycles. The lowest BCUT2D eigenvalue weighted by molar-refractivity contribution is 0.0724. The molecule has 8 nitrogen and oxygen atoms in total. The van der Waals surface area contributed by atoms with Crippen LogP contribution >= 0.6 is 0 Å². The smallest absolute Gasteiger partial charge is 0.257 e. The molecule has 0 bridgehead atoms. The quantitative estimate of drug-likeness (QED) is 0.661. The van der Waals surface area contributed by atoms with Crippen molar-refractivity contribution in [3.05, 3.63) is 59.3 Å². The summed E-state index contributed by atoms with van der Waals surface area (Å²) in [7, 11) is 0. The molecule has 0 N–H and O–H groups in total. The lowest BCUT2D eigenvalue weighted by atomic mass is 10.0. The minimum absolute atomic E-state index is 0.0773. The molecule has 0 aliphatic carbocycles. The van der Waals surface area contributed by atoms with Crippen LogP contribution in [0.15, 0.2) is 35.1 Å². The summed E-state index contributed by atoms with van der Waals surface area (Å²) in [5.74, 6) is 2.49. The lowest BCUT2D eigenvalue weighted by Crippen LogP contribution is -2.36. The zero-order valence-electron chi connectivity index (χ0n) is 16.9. The van der Waals surface area contributed by atoms with Crippen molar-refractivity contribution in [2.24, 2.45) is 0 Å². The molecule has 2 aliphatic heterocycles. The van der Waals surface area contributed by atoms with Crippen molar-refractivity contribution >= 4 is 5.91 Å². The third-order valence-corrected chi connectivity index (χ3v) is 5.73. The monoisotopic (exact) mass is 405 g/mol. The van der Waals surface area contributed by atoms with E-state index in [-0.39, 0.29) is 5.91 Å². The van der Waals surface area contributed by atoms with Gasteiger partial charge in [-0.3, -0.25) is 9.78 Å².